The minimum Gasteiger partial charge on any atom is -0.410 e. The van der Waals surface area contributed by atoms with Gasteiger partial charge in [-0.1, -0.05) is 35.7 Å². The van der Waals surface area contributed by atoms with Crippen LogP contribution in [0, 0.1) is 0 Å². The van der Waals surface area contributed by atoms with Gasteiger partial charge in [-0.2, -0.15) is 0 Å². The van der Waals surface area contributed by atoms with Crippen LogP contribution in [0.1, 0.15) is 30.6 Å². The zero-order valence-corrected chi connectivity index (χ0v) is 18.7. The number of thioether (sulfide) groups is 2. The van der Waals surface area contributed by atoms with Gasteiger partial charge in [0.1, 0.15) is 5.75 Å². The number of carbonyl (C=O) groups is 1. The number of rotatable bonds is 6. The van der Waals surface area contributed by atoms with E-state index in [-0.39, 0.29) is 11.3 Å². The molecule has 1 fully saturated rings. The number of aromatic amines is 1. The number of hydrogen-bond donors (Lipinski definition) is 1. The van der Waals surface area contributed by atoms with Crippen molar-refractivity contribution in [3.05, 3.63) is 54.6 Å². The lowest BCUT2D eigenvalue weighted by Gasteiger charge is -2.30. The molecule has 0 aliphatic carbocycles. The number of likely N-dealkylation sites (tertiary alicyclic amines) is 1. The van der Waals surface area contributed by atoms with E-state index in [2.05, 4.69) is 21.9 Å². The highest BCUT2D eigenvalue weighted by Gasteiger charge is 2.25. The molecule has 1 atom stereocenters. The SMILES string of the molecule is CC(Sc1ncc[nH]1)c1ccc(OC(=O)N2CCC(Sc3nccn3C)CC2)cc1. The average Bonchev–Trinajstić information content (AvgIpc) is 3.41. The molecular weight excluding hydrogens is 418 g/mol. The third kappa shape index (κ3) is 5.20. The first kappa shape index (κ1) is 20.9. The topological polar surface area (TPSA) is 76.0 Å². The summed E-state index contributed by atoms with van der Waals surface area (Å²) in [5, 5.41) is 2.64. The lowest BCUT2D eigenvalue weighted by Crippen LogP contribution is -2.40. The van der Waals surface area contributed by atoms with Crippen LogP contribution in [0.2, 0.25) is 0 Å². The number of nitrogens with one attached hydrogen (secondary N) is 1. The van der Waals surface area contributed by atoms with Gasteiger partial charge in [-0.25, -0.2) is 14.8 Å². The molecule has 2 aromatic heterocycles. The summed E-state index contributed by atoms with van der Waals surface area (Å²) in [6.45, 7) is 3.53. The van der Waals surface area contributed by atoms with Gasteiger partial charge in [-0.15, -0.1) is 0 Å². The van der Waals surface area contributed by atoms with Crippen LogP contribution >= 0.6 is 23.5 Å². The molecule has 9 heteroatoms. The zero-order valence-electron chi connectivity index (χ0n) is 17.0. The van der Waals surface area contributed by atoms with E-state index in [0.717, 1.165) is 28.7 Å². The second-order valence-corrected chi connectivity index (χ2v) is 9.81. The lowest BCUT2D eigenvalue weighted by molar-refractivity contribution is 0.143. The zero-order chi connectivity index (χ0) is 20.9. The van der Waals surface area contributed by atoms with E-state index in [1.807, 2.05) is 54.5 Å². The van der Waals surface area contributed by atoms with Crippen LogP contribution in [0.25, 0.3) is 0 Å². The van der Waals surface area contributed by atoms with E-state index in [1.165, 1.54) is 0 Å². The fraction of sp³-hybridized carbons (Fsp3) is 0.381. The Morgan fingerprint density at radius 1 is 1.20 bits per heavy atom. The Kier molecular flexibility index (Phi) is 6.69. The van der Waals surface area contributed by atoms with E-state index in [1.54, 1.807) is 34.6 Å². The van der Waals surface area contributed by atoms with Gasteiger partial charge in [0, 0.05) is 55.4 Å². The molecule has 4 rings (SSSR count). The predicted molar refractivity (Wildman–Crippen MR) is 119 cm³/mol. The van der Waals surface area contributed by atoms with E-state index in [0.29, 0.717) is 24.1 Å². The van der Waals surface area contributed by atoms with E-state index >= 15 is 0 Å². The van der Waals surface area contributed by atoms with Crippen LogP contribution in [0.4, 0.5) is 4.79 Å². The van der Waals surface area contributed by atoms with Crippen LogP contribution in [0.3, 0.4) is 0 Å². The van der Waals surface area contributed by atoms with Crippen LogP contribution in [-0.2, 0) is 7.05 Å². The molecule has 1 aliphatic heterocycles. The summed E-state index contributed by atoms with van der Waals surface area (Å²) >= 11 is 3.44. The molecule has 1 aromatic carbocycles. The molecule has 1 aliphatic rings. The van der Waals surface area contributed by atoms with Crippen molar-refractivity contribution < 1.29 is 9.53 Å². The summed E-state index contributed by atoms with van der Waals surface area (Å²) in [5.74, 6) is 0.573. The largest absolute Gasteiger partial charge is 0.415 e. The minimum absolute atomic E-state index is 0.246. The summed E-state index contributed by atoms with van der Waals surface area (Å²) in [6.07, 6.45) is 8.93. The van der Waals surface area contributed by atoms with Crippen molar-refractivity contribution in [2.24, 2.45) is 7.05 Å². The number of carbonyl (C=O) groups excluding carboxylic acids is 1. The number of piperidine rings is 1. The molecule has 3 aromatic rings. The average molecular weight is 444 g/mol. The second kappa shape index (κ2) is 9.61. The predicted octanol–water partition coefficient (Wildman–Crippen LogP) is 4.75. The van der Waals surface area contributed by atoms with Crippen molar-refractivity contribution in [2.75, 3.05) is 13.1 Å². The molecule has 0 spiro atoms. The maximum atomic E-state index is 12.5. The van der Waals surface area contributed by atoms with Crippen LogP contribution in [-0.4, -0.2) is 48.9 Å². The van der Waals surface area contributed by atoms with Gasteiger partial charge in [0.25, 0.3) is 0 Å². The Bertz CT molecular complexity index is 950. The Hall–Kier alpha value is -2.39. The quantitative estimate of drug-likeness (QED) is 0.554. The number of imidazole rings is 2. The summed E-state index contributed by atoms with van der Waals surface area (Å²) < 4.78 is 7.62. The molecule has 0 bridgehead atoms. The van der Waals surface area contributed by atoms with E-state index in [4.69, 9.17) is 4.74 Å². The number of benzene rings is 1. The van der Waals surface area contributed by atoms with E-state index < -0.39 is 0 Å². The Morgan fingerprint density at radius 2 is 1.97 bits per heavy atom. The summed E-state index contributed by atoms with van der Waals surface area (Å²) in [6, 6.07) is 7.71. The highest BCUT2D eigenvalue weighted by atomic mass is 32.2. The molecule has 1 unspecified atom stereocenters. The van der Waals surface area contributed by atoms with Crippen molar-refractivity contribution in [2.45, 2.75) is 40.6 Å². The Morgan fingerprint density at radius 3 is 2.60 bits per heavy atom. The summed E-state index contributed by atoms with van der Waals surface area (Å²) in [4.78, 5) is 26.1. The van der Waals surface area contributed by atoms with Crippen molar-refractivity contribution in [3.63, 3.8) is 0 Å². The van der Waals surface area contributed by atoms with Crippen LogP contribution in [0.15, 0.2) is 59.4 Å². The standard InChI is InChI=1S/C21H25N5O2S2/c1-15(29-19-22-9-10-23-19)16-3-5-17(6-4-16)28-21(27)26-12-7-18(8-13-26)30-20-24-11-14-25(20)2/h3-6,9-11,14-15,18H,7-8,12-13H2,1-2H3,(H,22,23). The molecule has 0 radical (unpaired) electrons. The number of amides is 1. The molecule has 158 valence electrons. The first-order valence-corrected chi connectivity index (χ1v) is 11.7. The normalized spacial score (nSPS) is 15.9. The first-order valence-electron chi connectivity index (χ1n) is 9.95. The molecule has 1 N–H and O–H groups in total. The monoisotopic (exact) mass is 443 g/mol. The second-order valence-electron chi connectivity index (χ2n) is 7.22. The molecular formula is C21H25N5O2S2. The number of aromatic nitrogens is 4. The summed E-state index contributed by atoms with van der Waals surface area (Å²) in [5.41, 5.74) is 1.16. The van der Waals surface area contributed by atoms with Crippen LogP contribution in [0.5, 0.6) is 5.75 Å². The van der Waals surface area contributed by atoms with E-state index in [9.17, 15) is 4.79 Å². The highest BCUT2D eigenvalue weighted by molar-refractivity contribution is 7.99. The Labute approximate surface area is 184 Å². The van der Waals surface area contributed by atoms with Gasteiger partial charge in [0.05, 0.1) is 0 Å². The maximum absolute atomic E-state index is 12.5. The third-order valence-corrected chi connectivity index (χ3v) is 7.55. The van der Waals surface area contributed by atoms with Crippen LogP contribution < -0.4 is 4.74 Å². The lowest BCUT2D eigenvalue weighted by atomic mass is 10.1. The highest BCUT2D eigenvalue weighted by Crippen LogP contribution is 2.33. The summed E-state index contributed by atoms with van der Waals surface area (Å²) in [7, 11) is 2.00. The first-order chi connectivity index (χ1) is 14.6. The fourth-order valence-electron chi connectivity index (χ4n) is 3.29. The number of ether oxygens (including phenoxy) is 1. The van der Waals surface area contributed by atoms with Gasteiger partial charge >= 0.3 is 6.09 Å². The smallest absolute Gasteiger partial charge is 0.410 e. The Balaban J connectivity index is 1.25. The van der Waals surface area contributed by atoms with Crippen molar-refractivity contribution >= 4 is 29.6 Å². The maximum Gasteiger partial charge on any atom is 0.415 e. The molecule has 30 heavy (non-hydrogen) atoms. The molecule has 7 nitrogen and oxygen atoms in total. The number of hydrogen-bond acceptors (Lipinski definition) is 6. The molecule has 1 saturated heterocycles. The molecule has 1 amide bonds. The van der Waals surface area contributed by atoms with Gasteiger partial charge in [0.2, 0.25) is 0 Å². The molecule has 0 saturated carbocycles. The number of aryl methyl sites for hydroxylation is 1. The van der Waals surface area contributed by atoms with Crippen molar-refractivity contribution in [1.82, 2.24) is 24.4 Å². The van der Waals surface area contributed by atoms with Crippen molar-refractivity contribution in [3.8, 4) is 5.75 Å². The van der Waals surface area contributed by atoms with Gasteiger partial charge in [0.15, 0.2) is 10.3 Å². The number of H-pyrrole nitrogens is 1. The number of nitrogens with zero attached hydrogens (tertiary/aromatic N) is 4. The van der Waals surface area contributed by atoms with Gasteiger partial charge in [-0.3, -0.25) is 0 Å². The van der Waals surface area contributed by atoms with Gasteiger partial charge in [-0.05, 0) is 37.5 Å². The van der Waals surface area contributed by atoms with Gasteiger partial charge < -0.3 is 19.2 Å². The fourth-order valence-corrected chi connectivity index (χ4v) is 5.27. The third-order valence-electron chi connectivity index (χ3n) is 5.07. The minimum atomic E-state index is -0.277. The van der Waals surface area contributed by atoms with Crippen molar-refractivity contribution in [1.29, 1.82) is 0 Å². The molecule has 3 heterocycles.